The highest BCUT2D eigenvalue weighted by Crippen LogP contribution is 2.15. The Balaban J connectivity index is 2.40. The topological polar surface area (TPSA) is 38.3 Å². The van der Waals surface area contributed by atoms with E-state index >= 15 is 0 Å². The second kappa shape index (κ2) is 9.43. The van der Waals surface area contributed by atoms with Gasteiger partial charge >= 0.3 is 0 Å². The zero-order valence-corrected chi connectivity index (χ0v) is 13.8. The lowest BCUT2D eigenvalue weighted by molar-refractivity contribution is -0.127. The summed E-state index contributed by atoms with van der Waals surface area (Å²) in [5, 5.41) is 3.01. The first-order valence-electron chi connectivity index (χ1n) is 8.07. The van der Waals surface area contributed by atoms with E-state index in [1.807, 2.05) is 31.2 Å². The Kier molecular flexibility index (Phi) is 7.88. The fourth-order valence-electron chi connectivity index (χ4n) is 2.28. The van der Waals surface area contributed by atoms with Crippen molar-refractivity contribution in [2.45, 2.75) is 59.5 Å². The maximum absolute atomic E-state index is 12.1. The monoisotopic (exact) mass is 291 g/mol. The van der Waals surface area contributed by atoms with E-state index in [0.717, 1.165) is 24.3 Å². The van der Waals surface area contributed by atoms with Crippen LogP contribution in [0.3, 0.4) is 0 Å². The van der Waals surface area contributed by atoms with Crippen LogP contribution in [0, 0.1) is 12.8 Å². The second-order valence-electron chi connectivity index (χ2n) is 5.74. The summed E-state index contributed by atoms with van der Waals surface area (Å²) in [7, 11) is 0. The molecule has 0 saturated heterocycles. The number of rotatable bonds is 9. The largest absolute Gasteiger partial charge is 0.481 e. The minimum atomic E-state index is -0.463. The summed E-state index contributed by atoms with van der Waals surface area (Å²) in [6, 6.07) is 7.77. The molecule has 0 aliphatic carbocycles. The molecular formula is C18H29NO2. The average Bonchev–Trinajstić information content (AvgIpc) is 2.47. The van der Waals surface area contributed by atoms with Gasteiger partial charge in [-0.2, -0.15) is 0 Å². The maximum atomic E-state index is 12.1. The van der Waals surface area contributed by atoms with E-state index in [1.165, 1.54) is 19.3 Å². The van der Waals surface area contributed by atoms with Crippen molar-refractivity contribution >= 4 is 5.91 Å². The number of unbranched alkanes of at least 4 members (excludes halogenated alkanes) is 1. The molecule has 3 nitrogen and oxygen atoms in total. The highest BCUT2D eigenvalue weighted by atomic mass is 16.5. The fraction of sp³-hybridized carbons (Fsp3) is 0.611. The Morgan fingerprint density at radius 1 is 1.33 bits per heavy atom. The highest BCUT2D eigenvalue weighted by Gasteiger charge is 2.16. The van der Waals surface area contributed by atoms with E-state index in [4.69, 9.17) is 4.74 Å². The third-order valence-electron chi connectivity index (χ3n) is 3.78. The van der Waals surface area contributed by atoms with Crippen molar-refractivity contribution in [2.75, 3.05) is 6.54 Å². The Morgan fingerprint density at radius 2 is 2.10 bits per heavy atom. The minimum Gasteiger partial charge on any atom is -0.481 e. The summed E-state index contributed by atoms with van der Waals surface area (Å²) in [4.78, 5) is 12.1. The van der Waals surface area contributed by atoms with E-state index in [1.54, 1.807) is 6.92 Å². The number of benzene rings is 1. The predicted octanol–water partition coefficient (Wildman–Crippen LogP) is 4.09. The molecule has 2 atom stereocenters. The molecule has 1 N–H and O–H groups in total. The molecule has 0 aliphatic heterocycles. The summed E-state index contributed by atoms with van der Waals surface area (Å²) in [5.74, 6) is 1.28. The number of carbonyl (C=O) groups is 1. The molecule has 0 heterocycles. The third-order valence-corrected chi connectivity index (χ3v) is 3.78. The average molecular weight is 291 g/mol. The molecular weight excluding hydrogens is 262 g/mol. The van der Waals surface area contributed by atoms with Gasteiger partial charge in [-0.15, -0.1) is 0 Å². The van der Waals surface area contributed by atoms with Gasteiger partial charge in [-0.1, -0.05) is 45.2 Å². The van der Waals surface area contributed by atoms with Gasteiger partial charge < -0.3 is 10.1 Å². The summed E-state index contributed by atoms with van der Waals surface area (Å²) in [5.41, 5.74) is 1.13. The first kappa shape index (κ1) is 17.5. The van der Waals surface area contributed by atoms with Crippen molar-refractivity contribution in [2.24, 2.45) is 5.92 Å². The number of hydrogen-bond acceptors (Lipinski definition) is 2. The highest BCUT2D eigenvalue weighted by molar-refractivity contribution is 5.80. The molecule has 0 saturated carbocycles. The Hall–Kier alpha value is -1.51. The molecule has 1 aromatic rings. The molecule has 21 heavy (non-hydrogen) atoms. The van der Waals surface area contributed by atoms with E-state index in [9.17, 15) is 4.79 Å². The summed E-state index contributed by atoms with van der Waals surface area (Å²) in [6.45, 7) is 8.93. The van der Waals surface area contributed by atoms with Crippen molar-refractivity contribution < 1.29 is 9.53 Å². The van der Waals surface area contributed by atoms with E-state index in [0.29, 0.717) is 5.92 Å². The zero-order chi connectivity index (χ0) is 15.7. The van der Waals surface area contributed by atoms with Gasteiger partial charge in [0.15, 0.2) is 6.10 Å². The molecule has 0 aromatic heterocycles. The molecule has 118 valence electrons. The second-order valence-corrected chi connectivity index (χ2v) is 5.74. The van der Waals surface area contributed by atoms with Crippen LogP contribution in [0.15, 0.2) is 24.3 Å². The summed E-state index contributed by atoms with van der Waals surface area (Å²) >= 11 is 0. The van der Waals surface area contributed by atoms with Crippen LogP contribution in [0.4, 0.5) is 0 Å². The van der Waals surface area contributed by atoms with Gasteiger partial charge in [0.05, 0.1) is 0 Å². The van der Waals surface area contributed by atoms with Gasteiger partial charge in [-0.25, -0.2) is 0 Å². The van der Waals surface area contributed by atoms with Crippen LogP contribution in [0.2, 0.25) is 0 Å². The number of carbonyl (C=O) groups excluding carboxylic acids is 1. The lowest BCUT2D eigenvalue weighted by atomic mass is 9.99. The molecule has 0 radical (unpaired) electrons. The molecule has 0 spiro atoms. The summed E-state index contributed by atoms with van der Waals surface area (Å²) in [6.07, 6.45) is 4.25. The van der Waals surface area contributed by atoms with Crippen molar-refractivity contribution in [1.29, 1.82) is 0 Å². The number of amides is 1. The Labute approximate surface area is 129 Å². The molecule has 3 heteroatoms. The Morgan fingerprint density at radius 3 is 2.71 bits per heavy atom. The van der Waals surface area contributed by atoms with Crippen LogP contribution in [0.25, 0.3) is 0 Å². The minimum absolute atomic E-state index is 0.0357. The molecule has 1 aromatic carbocycles. The normalized spacial score (nSPS) is 13.5. The molecule has 0 fully saturated rings. The Bertz CT molecular complexity index is 431. The molecule has 1 rings (SSSR count). The van der Waals surface area contributed by atoms with Crippen molar-refractivity contribution in [3.8, 4) is 5.75 Å². The van der Waals surface area contributed by atoms with Crippen LogP contribution in [-0.2, 0) is 4.79 Å². The fourth-order valence-corrected chi connectivity index (χ4v) is 2.28. The van der Waals surface area contributed by atoms with Gasteiger partial charge in [0, 0.05) is 6.54 Å². The van der Waals surface area contributed by atoms with Gasteiger partial charge in [-0.05, 0) is 43.9 Å². The van der Waals surface area contributed by atoms with E-state index < -0.39 is 6.10 Å². The zero-order valence-electron chi connectivity index (χ0n) is 13.8. The lowest BCUT2D eigenvalue weighted by Gasteiger charge is -2.18. The van der Waals surface area contributed by atoms with Crippen molar-refractivity contribution in [3.05, 3.63) is 29.8 Å². The molecule has 0 bridgehead atoms. The van der Waals surface area contributed by atoms with Crippen LogP contribution >= 0.6 is 0 Å². The van der Waals surface area contributed by atoms with E-state index in [2.05, 4.69) is 19.2 Å². The van der Waals surface area contributed by atoms with Crippen LogP contribution < -0.4 is 10.1 Å². The summed E-state index contributed by atoms with van der Waals surface area (Å²) < 4.78 is 5.69. The van der Waals surface area contributed by atoms with Gasteiger partial charge in [0.2, 0.25) is 0 Å². The standard InChI is InChI=1S/C18H29NO2/c1-5-7-10-16(6-2)13-19-18(20)15(4)21-17-11-8-9-14(3)12-17/h8-9,11-12,15-16H,5-7,10,13H2,1-4H3,(H,19,20)/t15-,16-/m0/s1. The molecule has 0 unspecified atom stereocenters. The maximum Gasteiger partial charge on any atom is 0.260 e. The smallest absolute Gasteiger partial charge is 0.260 e. The lowest BCUT2D eigenvalue weighted by Crippen LogP contribution is -2.38. The van der Waals surface area contributed by atoms with Gasteiger partial charge in [0.25, 0.3) is 5.91 Å². The van der Waals surface area contributed by atoms with Crippen molar-refractivity contribution in [3.63, 3.8) is 0 Å². The SMILES string of the molecule is CCCC[C@H](CC)CNC(=O)[C@H](C)Oc1cccc(C)c1. The number of aryl methyl sites for hydroxylation is 1. The first-order valence-corrected chi connectivity index (χ1v) is 8.07. The molecule has 0 aliphatic rings. The molecule has 1 amide bonds. The first-order chi connectivity index (χ1) is 10.1. The van der Waals surface area contributed by atoms with E-state index in [-0.39, 0.29) is 5.91 Å². The number of nitrogens with one attached hydrogen (secondary N) is 1. The van der Waals surface area contributed by atoms with Gasteiger partial charge in [-0.3, -0.25) is 4.79 Å². The number of hydrogen-bond donors (Lipinski definition) is 1. The van der Waals surface area contributed by atoms with Crippen LogP contribution in [-0.4, -0.2) is 18.6 Å². The van der Waals surface area contributed by atoms with Crippen molar-refractivity contribution in [1.82, 2.24) is 5.32 Å². The predicted molar refractivity (Wildman–Crippen MR) is 87.6 cm³/mol. The van der Waals surface area contributed by atoms with Gasteiger partial charge in [0.1, 0.15) is 5.75 Å². The van der Waals surface area contributed by atoms with Crippen LogP contribution in [0.1, 0.15) is 52.0 Å². The quantitative estimate of drug-likeness (QED) is 0.744. The third kappa shape index (κ3) is 6.65. The van der Waals surface area contributed by atoms with Crippen LogP contribution in [0.5, 0.6) is 5.75 Å². The number of ether oxygens (including phenoxy) is 1.